The highest BCUT2D eigenvalue weighted by Crippen LogP contribution is 2.16. The van der Waals surface area contributed by atoms with Crippen molar-refractivity contribution in [3.63, 3.8) is 0 Å². The third-order valence-corrected chi connectivity index (χ3v) is 12.6. The van der Waals surface area contributed by atoms with Gasteiger partial charge in [-0.1, -0.05) is 249 Å². The number of carbonyl (C=O) groups excluding carboxylic acids is 3. The predicted octanol–water partition coefficient (Wildman–Crippen LogP) is 19.0. The quantitative estimate of drug-likeness (QED) is 0.0262. The van der Waals surface area contributed by atoms with Crippen LogP contribution < -0.4 is 0 Å². The third kappa shape index (κ3) is 52.3. The first-order valence-corrected chi connectivity index (χ1v) is 28.6. The maximum Gasteiger partial charge on any atom is 0.306 e. The molecule has 0 saturated carbocycles. The van der Waals surface area contributed by atoms with Gasteiger partial charge in [0, 0.05) is 19.3 Å². The first kappa shape index (κ1) is 63.4. The van der Waals surface area contributed by atoms with Crippen molar-refractivity contribution in [3.8, 4) is 0 Å². The van der Waals surface area contributed by atoms with Crippen LogP contribution in [0.15, 0.2) is 48.6 Å². The fraction of sp³-hybridized carbons (Fsp3) is 0.817. The van der Waals surface area contributed by atoms with Gasteiger partial charge in [0.2, 0.25) is 0 Å². The summed E-state index contributed by atoms with van der Waals surface area (Å²) in [6, 6.07) is 0. The average molecular weight is 926 g/mol. The van der Waals surface area contributed by atoms with Crippen molar-refractivity contribution in [3.05, 3.63) is 48.6 Å². The van der Waals surface area contributed by atoms with Crippen LogP contribution in [-0.4, -0.2) is 37.2 Å². The lowest BCUT2D eigenvalue weighted by atomic mass is 10.0. The van der Waals surface area contributed by atoms with Crippen molar-refractivity contribution in [2.24, 2.45) is 0 Å². The molecule has 0 fully saturated rings. The van der Waals surface area contributed by atoms with Crippen LogP contribution in [0.3, 0.4) is 0 Å². The summed E-state index contributed by atoms with van der Waals surface area (Å²) in [5, 5.41) is 0. The summed E-state index contributed by atoms with van der Waals surface area (Å²) in [4.78, 5) is 38.1. The Morgan fingerprint density at radius 2 is 0.591 bits per heavy atom. The van der Waals surface area contributed by atoms with Crippen molar-refractivity contribution in [2.75, 3.05) is 13.2 Å². The van der Waals surface area contributed by atoms with Crippen molar-refractivity contribution in [1.82, 2.24) is 0 Å². The molecule has 0 spiro atoms. The molecule has 0 unspecified atom stereocenters. The Morgan fingerprint density at radius 3 is 0.939 bits per heavy atom. The Kier molecular flexibility index (Phi) is 52.8. The van der Waals surface area contributed by atoms with E-state index in [1.165, 1.54) is 161 Å². The summed E-state index contributed by atoms with van der Waals surface area (Å²) in [6.07, 6.45) is 66.7. The smallest absolute Gasteiger partial charge is 0.306 e. The molecule has 0 aliphatic carbocycles. The highest BCUT2D eigenvalue weighted by Gasteiger charge is 2.19. The van der Waals surface area contributed by atoms with E-state index in [0.717, 1.165) is 96.3 Å². The maximum atomic E-state index is 12.8. The molecule has 0 aromatic heterocycles. The van der Waals surface area contributed by atoms with Crippen LogP contribution in [0.5, 0.6) is 0 Å². The minimum absolute atomic E-state index is 0.0774. The minimum Gasteiger partial charge on any atom is -0.462 e. The summed E-state index contributed by atoms with van der Waals surface area (Å²) in [5.41, 5.74) is 0. The molecule has 0 aliphatic heterocycles. The van der Waals surface area contributed by atoms with Crippen molar-refractivity contribution >= 4 is 17.9 Å². The number of hydrogen-bond donors (Lipinski definition) is 0. The van der Waals surface area contributed by atoms with Gasteiger partial charge >= 0.3 is 17.9 Å². The molecule has 384 valence electrons. The standard InChI is InChI=1S/C60H108O6/c1-4-7-10-13-16-19-22-25-27-28-29-30-31-32-34-35-38-41-44-47-50-53-59(62)65-56-57(55-64-58(61)52-49-46-43-40-37-24-21-18-15-12-9-6-3)66-60(63)54-51-48-45-42-39-36-33-26-23-20-17-14-11-8-5-2/h8,11,17,20,25-27,33,57H,4-7,9-10,12-16,18-19,21-24,28-32,34-56H2,1-3H3/b11-8-,20-17-,27-25-,33-26-/t57-/m0/s1. The van der Waals surface area contributed by atoms with Gasteiger partial charge in [0.05, 0.1) is 0 Å². The van der Waals surface area contributed by atoms with Crippen LogP contribution in [0.4, 0.5) is 0 Å². The number of allylic oxidation sites excluding steroid dienone is 8. The second kappa shape index (κ2) is 55.0. The van der Waals surface area contributed by atoms with Crippen molar-refractivity contribution in [1.29, 1.82) is 0 Å². The lowest BCUT2D eigenvalue weighted by Gasteiger charge is -2.18. The fourth-order valence-electron chi connectivity index (χ4n) is 8.28. The molecular formula is C60H108O6. The molecule has 0 radical (unpaired) electrons. The second-order valence-electron chi connectivity index (χ2n) is 19.2. The van der Waals surface area contributed by atoms with Crippen molar-refractivity contribution in [2.45, 2.75) is 303 Å². The Morgan fingerprint density at radius 1 is 0.318 bits per heavy atom. The average Bonchev–Trinajstić information content (AvgIpc) is 3.31. The van der Waals surface area contributed by atoms with E-state index in [2.05, 4.69) is 69.4 Å². The Hall–Kier alpha value is -2.63. The normalized spacial score (nSPS) is 12.3. The maximum absolute atomic E-state index is 12.8. The van der Waals surface area contributed by atoms with Crippen LogP contribution >= 0.6 is 0 Å². The van der Waals surface area contributed by atoms with E-state index in [1.54, 1.807) is 0 Å². The molecule has 1 atom stereocenters. The van der Waals surface area contributed by atoms with Gasteiger partial charge in [0.15, 0.2) is 6.10 Å². The lowest BCUT2D eigenvalue weighted by molar-refractivity contribution is -0.167. The number of rotatable bonds is 52. The van der Waals surface area contributed by atoms with Crippen LogP contribution in [0.1, 0.15) is 297 Å². The molecule has 0 rings (SSSR count). The number of esters is 3. The Bertz CT molecular complexity index is 1150. The highest BCUT2D eigenvalue weighted by atomic mass is 16.6. The number of carbonyl (C=O) groups is 3. The number of ether oxygens (including phenoxy) is 3. The topological polar surface area (TPSA) is 78.9 Å². The van der Waals surface area contributed by atoms with Gasteiger partial charge < -0.3 is 14.2 Å². The molecule has 6 heteroatoms. The van der Waals surface area contributed by atoms with Gasteiger partial charge in [-0.05, 0) is 77.0 Å². The van der Waals surface area contributed by atoms with Gasteiger partial charge in [0.1, 0.15) is 13.2 Å². The zero-order valence-corrected chi connectivity index (χ0v) is 44.0. The van der Waals surface area contributed by atoms with Gasteiger partial charge in [-0.3, -0.25) is 14.4 Å². The van der Waals surface area contributed by atoms with E-state index in [4.69, 9.17) is 14.2 Å². The van der Waals surface area contributed by atoms with E-state index >= 15 is 0 Å². The number of unbranched alkanes of at least 4 members (excludes halogenated alkanes) is 33. The molecule has 0 bridgehead atoms. The second-order valence-corrected chi connectivity index (χ2v) is 19.2. The molecule has 0 N–H and O–H groups in total. The summed E-state index contributed by atoms with van der Waals surface area (Å²) in [5.74, 6) is -0.882. The first-order chi connectivity index (χ1) is 32.5. The SMILES string of the molecule is CC/C=C\C/C=C\C/C=C\CCCCCCCC(=O)O[C@@H](COC(=O)CCCCCCCCCCCCCC)COC(=O)CCCCCCCCCCCCC/C=C\CCCCCCCC. The zero-order chi connectivity index (χ0) is 47.9. The molecule has 0 amide bonds. The third-order valence-electron chi connectivity index (χ3n) is 12.6. The van der Waals surface area contributed by atoms with Crippen molar-refractivity contribution < 1.29 is 28.6 Å². The van der Waals surface area contributed by atoms with Crippen LogP contribution in [0, 0.1) is 0 Å². The first-order valence-electron chi connectivity index (χ1n) is 28.6. The fourth-order valence-corrected chi connectivity index (χ4v) is 8.28. The largest absolute Gasteiger partial charge is 0.462 e. The molecule has 0 aromatic carbocycles. The Balaban J connectivity index is 4.31. The van der Waals surface area contributed by atoms with E-state index in [1.807, 2.05) is 0 Å². The lowest BCUT2D eigenvalue weighted by Crippen LogP contribution is -2.30. The van der Waals surface area contributed by atoms with Gasteiger partial charge in [-0.15, -0.1) is 0 Å². The van der Waals surface area contributed by atoms with Gasteiger partial charge in [-0.2, -0.15) is 0 Å². The predicted molar refractivity (Wildman–Crippen MR) is 284 cm³/mol. The number of hydrogen-bond acceptors (Lipinski definition) is 6. The van der Waals surface area contributed by atoms with E-state index < -0.39 is 6.10 Å². The van der Waals surface area contributed by atoms with Gasteiger partial charge in [-0.25, -0.2) is 0 Å². The zero-order valence-electron chi connectivity index (χ0n) is 44.0. The van der Waals surface area contributed by atoms with E-state index in [0.29, 0.717) is 19.3 Å². The van der Waals surface area contributed by atoms with E-state index in [-0.39, 0.29) is 31.1 Å². The molecule has 6 nitrogen and oxygen atoms in total. The summed E-state index contributed by atoms with van der Waals surface area (Å²) in [6.45, 7) is 6.54. The summed E-state index contributed by atoms with van der Waals surface area (Å²) >= 11 is 0. The highest BCUT2D eigenvalue weighted by molar-refractivity contribution is 5.71. The summed E-state index contributed by atoms with van der Waals surface area (Å²) in [7, 11) is 0. The van der Waals surface area contributed by atoms with Crippen LogP contribution in [0.25, 0.3) is 0 Å². The summed E-state index contributed by atoms with van der Waals surface area (Å²) < 4.78 is 16.8. The molecule has 0 aliphatic rings. The van der Waals surface area contributed by atoms with Crippen LogP contribution in [0.2, 0.25) is 0 Å². The Labute approximate surface area is 409 Å². The molecule has 0 aromatic rings. The monoisotopic (exact) mass is 925 g/mol. The van der Waals surface area contributed by atoms with E-state index in [9.17, 15) is 14.4 Å². The molecular weight excluding hydrogens is 817 g/mol. The molecule has 0 heterocycles. The van der Waals surface area contributed by atoms with Gasteiger partial charge in [0.25, 0.3) is 0 Å². The minimum atomic E-state index is -0.779. The molecule has 0 saturated heterocycles. The van der Waals surface area contributed by atoms with Crippen LogP contribution in [-0.2, 0) is 28.6 Å². The molecule has 66 heavy (non-hydrogen) atoms.